The minimum absolute atomic E-state index is 0.0144. The van der Waals surface area contributed by atoms with Crippen molar-refractivity contribution >= 4 is 33.5 Å². The van der Waals surface area contributed by atoms with Crippen LogP contribution in [0.5, 0.6) is 0 Å². The van der Waals surface area contributed by atoms with Crippen LogP contribution in [0.4, 0.5) is 10.1 Å². The normalized spacial score (nSPS) is 10.3. The van der Waals surface area contributed by atoms with E-state index < -0.39 is 17.7 Å². The maximum atomic E-state index is 13.6. The van der Waals surface area contributed by atoms with E-state index in [0.717, 1.165) is 0 Å². The van der Waals surface area contributed by atoms with Crippen molar-refractivity contribution in [1.82, 2.24) is 4.57 Å². The van der Waals surface area contributed by atoms with Gasteiger partial charge in [0.05, 0.1) is 5.69 Å². The molecule has 1 amide bonds. The molecule has 0 spiro atoms. The second-order valence-electron chi connectivity index (χ2n) is 3.97. The minimum Gasteiger partial charge on any atom is -0.480 e. The molecule has 0 unspecified atom stereocenters. The third kappa shape index (κ3) is 3.05. The zero-order valence-corrected chi connectivity index (χ0v) is 11.7. The number of carboxylic acids is 1. The van der Waals surface area contributed by atoms with Crippen LogP contribution in [-0.4, -0.2) is 21.6 Å². The maximum absolute atomic E-state index is 13.6. The van der Waals surface area contributed by atoms with Crippen LogP contribution < -0.4 is 5.32 Å². The Morgan fingerprint density at radius 3 is 2.70 bits per heavy atom. The largest absolute Gasteiger partial charge is 0.480 e. The molecule has 0 fully saturated rings. The van der Waals surface area contributed by atoms with E-state index in [9.17, 15) is 14.0 Å². The number of rotatable bonds is 4. The topological polar surface area (TPSA) is 71.3 Å². The van der Waals surface area contributed by atoms with E-state index >= 15 is 0 Å². The van der Waals surface area contributed by atoms with Gasteiger partial charge in [-0.1, -0.05) is 6.07 Å². The summed E-state index contributed by atoms with van der Waals surface area (Å²) in [6, 6.07) is 7.33. The number of hydrogen-bond donors (Lipinski definition) is 2. The van der Waals surface area contributed by atoms with Crippen LogP contribution >= 0.6 is 15.9 Å². The molecule has 0 atom stereocenters. The number of halogens is 2. The highest BCUT2D eigenvalue weighted by Crippen LogP contribution is 2.25. The first-order chi connectivity index (χ1) is 9.49. The van der Waals surface area contributed by atoms with Crippen molar-refractivity contribution in [1.29, 1.82) is 0 Å². The van der Waals surface area contributed by atoms with E-state index in [1.807, 2.05) is 0 Å². The lowest BCUT2D eigenvalue weighted by molar-refractivity contribution is -0.137. The van der Waals surface area contributed by atoms with Gasteiger partial charge in [-0.3, -0.25) is 9.59 Å². The number of carboxylic acid groups (broad SMARTS) is 1. The first kappa shape index (κ1) is 14.3. The van der Waals surface area contributed by atoms with Gasteiger partial charge in [-0.25, -0.2) is 4.39 Å². The number of amides is 1. The van der Waals surface area contributed by atoms with Gasteiger partial charge in [0.25, 0.3) is 5.91 Å². The summed E-state index contributed by atoms with van der Waals surface area (Å²) in [6.45, 7) is -0.339. The summed E-state index contributed by atoms with van der Waals surface area (Å²) in [4.78, 5) is 22.8. The van der Waals surface area contributed by atoms with Gasteiger partial charge in [-0.05, 0) is 40.2 Å². The van der Waals surface area contributed by atoms with Crippen molar-refractivity contribution in [2.45, 2.75) is 6.54 Å². The Bertz CT molecular complexity index is 649. The fourth-order valence-corrected chi connectivity index (χ4v) is 2.14. The smallest absolute Gasteiger partial charge is 0.323 e. The van der Waals surface area contributed by atoms with Crippen LogP contribution in [0.25, 0.3) is 0 Å². The van der Waals surface area contributed by atoms with E-state index in [1.165, 1.54) is 29.0 Å². The van der Waals surface area contributed by atoms with E-state index in [-0.39, 0.29) is 17.9 Å². The first-order valence-corrected chi connectivity index (χ1v) is 6.40. The second kappa shape index (κ2) is 5.87. The Morgan fingerprint density at radius 2 is 2.05 bits per heavy atom. The molecule has 0 bridgehead atoms. The molecule has 7 heteroatoms. The van der Waals surface area contributed by atoms with Crippen molar-refractivity contribution in [2.24, 2.45) is 0 Å². The number of para-hydroxylation sites is 1. The van der Waals surface area contributed by atoms with Gasteiger partial charge in [0.1, 0.15) is 18.1 Å². The van der Waals surface area contributed by atoms with Crippen molar-refractivity contribution in [2.75, 3.05) is 5.32 Å². The summed E-state index contributed by atoms with van der Waals surface area (Å²) < 4.78 is 15.3. The molecule has 104 valence electrons. The van der Waals surface area contributed by atoms with Gasteiger partial charge >= 0.3 is 5.97 Å². The summed E-state index contributed by atoms with van der Waals surface area (Å²) >= 11 is 3.14. The van der Waals surface area contributed by atoms with Crippen LogP contribution in [0.1, 0.15) is 10.5 Å². The van der Waals surface area contributed by atoms with Crippen molar-refractivity contribution in [3.8, 4) is 0 Å². The van der Waals surface area contributed by atoms with E-state index in [1.54, 1.807) is 12.1 Å². The van der Waals surface area contributed by atoms with Crippen molar-refractivity contribution < 1.29 is 19.1 Å². The van der Waals surface area contributed by atoms with Crippen LogP contribution in [0.3, 0.4) is 0 Å². The lowest BCUT2D eigenvalue weighted by Crippen LogP contribution is -2.20. The fraction of sp³-hybridized carbons (Fsp3) is 0.0769. The van der Waals surface area contributed by atoms with Crippen LogP contribution in [0.15, 0.2) is 41.0 Å². The Hall–Kier alpha value is -2.15. The molecule has 2 aromatic rings. The predicted molar refractivity (Wildman–Crippen MR) is 74.1 cm³/mol. The van der Waals surface area contributed by atoms with Crippen molar-refractivity contribution in [3.05, 3.63) is 52.5 Å². The lowest BCUT2D eigenvalue weighted by atomic mass is 10.3. The summed E-state index contributed by atoms with van der Waals surface area (Å²) in [5.74, 6) is -2.23. The number of carbonyl (C=O) groups excluding carboxylic acids is 1. The number of nitrogens with zero attached hydrogens (tertiary/aromatic N) is 1. The molecule has 1 aromatic carbocycles. The predicted octanol–water partition coefficient (Wildman–Crippen LogP) is 2.73. The molecule has 5 nitrogen and oxygen atoms in total. The van der Waals surface area contributed by atoms with Crippen LogP contribution in [0, 0.1) is 5.82 Å². The summed E-state index contributed by atoms with van der Waals surface area (Å²) in [5, 5.41) is 11.2. The van der Waals surface area contributed by atoms with Gasteiger partial charge in [0.15, 0.2) is 0 Å². The fourth-order valence-electron chi connectivity index (χ4n) is 1.70. The molecule has 2 rings (SSSR count). The molecule has 2 N–H and O–H groups in total. The number of aromatic nitrogens is 1. The number of carbonyl (C=O) groups is 2. The van der Waals surface area contributed by atoms with E-state index in [0.29, 0.717) is 4.47 Å². The highest BCUT2D eigenvalue weighted by Gasteiger charge is 2.16. The van der Waals surface area contributed by atoms with Gasteiger partial charge in [0, 0.05) is 10.7 Å². The van der Waals surface area contributed by atoms with E-state index in [2.05, 4.69) is 21.2 Å². The highest BCUT2D eigenvalue weighted by atomic mass is 79.9. The Kier molecular flexibility index (Phi) is 4.19. The summed E-state index contributed by atoms with van der Waals surface area (Å²) in [7, 11) is 0. The highest BCUT2D eigenvalue weighted by molar-refractivity contribution is 9.10. The van der Waals surface area contributed by atoms with Gasteiger partial charge < -0.3 is 15.0 Å². The first-order valence-electron chi connectivity index (χ1n) is 5.61. The molecule has 0 saturated carbocycles. The monoisotopic (exact) mass is 340 g/mol. The molecule has 0 aliphatic carbocycles. The number of aliphatic carboxylic acids is 1. The Balaban J connectivity index is 2.25. The second-order valence-corrected chi connectivity index (χ2v) is 4.82. The lowest BCUT2D eigenvalue weighted by Gasteiger charge is -2.10. The molecule has 20 heavy (non-hydrogen) atoms. The average Bonchev–Trinajstić information content (AvgIpc) is 2.81. The zero-order valence-electron chi connectivity index (χ0n) is 10.1. The number of benzene rings is 1. The standard InChI is InChI=1S/C13H10BrFN2O3/c14-8-3-1-4-9(15)12(8)16-13(20)10-5-2-6-17(10)7-11(18)19/h1-6H,7H2,(H,16,20)(H,18,19). The molecule has 0 radical (unpaired) electrons. The third-order valence-electron chi connectivity index (χ3n) is 2.57. The molecule has 0 aliphatic rings. The Labute approximate surface area is 122 Å². The SMILES string of the molecule is O=C(O)Cn1cccc1C(=O)Nc1c(F)cccc1Br. The summed E-state index contributed by atoms with van der Waals surface area (Å²) in [6.07, 6.45) is 1.47. The maximum Gasteiger partial charge on any atom is 0.323 e. The van der Waals surface area contributed by atoms with Gasteiger partial charge in [-0.15, -0.1) is 0 Å². The van der Waals surface area contributed by atoms with E-state index in [4.69, 9.17) is 5.11 Å². The third-order valence-corrected chi connectivity index (χ3v) is 3.23. The number of anilines is 1. The molecule has 0 saturated heterocycles. The van der Waals surface area contributed by atoms with Crippen molar-refractivity contribution in [3.63, 3.8) is 0 Å². The molecular formula is C13H10BrFN2O3. The zero-order chi connectivity index (χ0) is 14.7. The molecular weight excluding hydrogens is 331 g/mol. The Morgan fingerprint density at radius 1 is 1.30 bits per heavy atom. The number of nitrogens with one attached hydrogen (secondary N) is 1. The minimum atomic E-state index is -1.07. The number of hydrogen-bond acceptors (Lipinski definition) is 2. The molecule has 0 aliphatic heterocycles. The molecule has 1 heterocycles. The summed E-state index contributed by atoms with van der Waals surface area (Å²) in [5.41, 5.74) is 0.156. The van der Waals surface area contributed by atoms with Crippen LogP contribution in [-0.2, 0) is 11.3 Å². The quantitative estimate of drug-likeness (QED) is 0.898. The van der Waals surface area contributed by atoms with Crippen LogP contribution in [0.2, 0.25) is 0 Å². The molecule has 1 aromatic heterocycles. The van der Waals surface area contributed by atoms with Gasteiger partial charge in [0.2, 0.25) is 0 Å². The van der Waals surface area contributed by atoms with Gasteiger partial charge in [-0.2, -0.15) is 0 Å². The average molecular weight is 341 g/mol.